The molecule has 0 aliphatic carbocycles. The van der Waals surface area contributed by atoms with Gasteiger partial charge in [-0.2, -0.15) is 13.2 Å². The third kappa shape index (κ3) is 5.26. The van der Waals surface area contributed by atoms with Crippen LogP contribution in [0, 0.1) is 10.1 Å². The van der Waals surface area contributed by atoms with E-state index in [9.17, 15) is 28.1 Å². The number of esters is 1. The molecule has 0 spiro atoms. The van der Waals surface area contributed by atoms with Crippen LogP contribution in [-0.4, -0.2) is 53.9 Å². The average Bonchev–Trinajstić information content (AvgIpc) is 2.59. The Morgan fingerprint density at radius 1 is 1.33 bits per heavy atom. The third-order valence-corrected chi connectivity index (χ3v) is 3.57. The fourth-order valence-corrected chi connectivity index (χ4v) is 2.23. The molecule has 0 fully saturated rings. The minimum absolute atomic E-state index is 0.0222. The van der Waals surface area contributed by atoms with Gasteiger partial charge >= 0.3 is 12.1 Å². The van der Waals surface area contributed by atoms with Crippen LogP contribution in [0.1, 0.15) is 6.42 Å². The maximum Gasteiger partial charge on any atom is 0.490 e. The standard InChI is InChI=1S/C16H16F3N3O5/c1-21(2)14(27-15(23)16(17,18)19)6-8-26-13-5-7-20-12-9-10(22(24)25)3-4-11(12)13/h3-5,7,9,14H,6,8H2,1-2H3. The summed E-state index contributed by atoms with van der Waals surface area (Å²) in [6, 6.07) is 5.59. The molecule has 0 saturated carbocycles. The first kappa shape index (κ1) is 20.4. The van der Waals surface area contributed by atoms with E-state index < -0.39 is 23.3 Å². The first-order chi connectivity index (χ1) is 12.6. The molecule has 0 N–H and O–H groups in total. The second-order valence-corrected chi connectivity index (χ2v) is 5.73. The van der Waals surface area contributed by atoms with Crippen LogP contribution in [0.3, 0.4) is 0 Å². The highest BCUT2D eigenvalue weighted by Gasteiger charge is 2.42. The lowest BCUT2D eigenvalue weighted by molar-refractivity contribution is -0.384. The number of nitro benzene ring substituents is 1. The van der Waals surface area contributed by atoms with Gasteiger partial charge in [0.25, 0.3) is 5.69 Å². The van der Waals surface area contributed by atoms with Gasteiger partial charge in [-0.1, -0.05) is 0 Å². The topological polar surface area (TPSA) is 94.8 Å². The molecule has 1 aromatic heterocycles. The van der Waals surface area contributed by atoms with Crippen molar-refractivity contribution in [2.24, 2.45) is 0 Å². The van der Waals surface area contributed by atoms with Crippen LogP contribution in [0.2, 0.25) is 0 Å². The highest BCUT2D eigenvalue weighted by Crippen LogP contribution is 2.27. The summed E-state index contributed by atoms with van der Waals surface area (Å²) < 4.78 is 47.0. The van der Waals surface area contributed by atoms with Gasteiger partial charge in [-0.25, -0.2) is 4.79 Å². The van der Waals surface area contributed by atoms with E-state index >= 15 is 0 Å². The second-order valence-electron chi connectivity index (χ2n) is 5.73. The summed E-state index contributed by atoms with van der Waals surface area (Å²) in [5.74, 6) is -1.92. The summed E-state index contributed by atoms with van der Waals surface area (Å²) >= 11 is 0. The van der Waals surface area contributed by atoms with Crippen LogP contribution < -0.4 is 4.74 Å². The van der Waals surface area contributed by atoms with Gasteiger partial charge in [0.2, 0.25) is 0 Å². The first-order valence-electron chi connectivity index (χ1n) is 7.70. The minimum atomic E-state index is -5.08. The predicted molar refractivity (Wildman–Crippen MR) is 88.1 cm³/mol. The fourth-order valence-electron chi connectivity index (χ4n) is 2.23. The molecule has 8 nitrogen and oxygen atoms in total. The highest BCUT2D eigenvalue weighted by molar-refractivity contribution is 5.86. The van der Waals surface area contributed by atoms with Crippen molar-refractivity contribution in [2.75, 3.05) is 20.7 Å². The molecule has 0 aliphatic heterocycles. The molecule has 0 aliphatic rings. The van der Waals surface area contributed by atoms with Gasteiger partial charge in [0.1, 0.15) is 5.75 Å². The maximum absolute atomic E-state index is 12.3. The highest BCUT2D eigenvalue weighted by atomic mass is 19.4. The number of hydrogen-bond donors (Lipinski definition) is 0. The second kappa shape index (κ2) is 8.16. The molecule has 2 aromatic rings. The van der Waals surface area contributed by atoms with Gasteiger partial charge in [0.05, 0.1) is 17.0 Å². The van der Waals surface area contributed by atoms with E-state index in [1.807, 2.05) is 0 Å². The van der Waals surface area contributed by atoms with Crippen LogP contribution in [0.4, 0.5) is 18.9 Å². The molecule has 11 heteroatoms. The summed E-state index contributed by atoms with van der Waals surface area (Å²) in [7, 11) is 2.94. The van der Waals surface area contributed by atoms with E-state index in [4.69, 9.17) is 4.74 Å². The molecular weight excluding hydrogens is 371 g/mol. The summed E-state index contributed by atoms with van der Waals surface area (Å²) in [6.45, 7) is -0.0515. The van der Waals surface area contributed by atoms with Gasteiger partial charge in [0, 0.05) is 30.1 Å². The number of halogens is 3. The Morgan fingerprint density at radius 3 is 2.63 bits per heavy atom. The van der Waals surface area contributed by atoms with Gasteiger partial charge in [-0.05, 0) is 26.2 Å². The molecule has 1 heterocycles. The number of nitrogens with zero attached hydrogens (tertiary/aromatic N) is 3. The van der Waals surface area contributed by atoms with Crippen molar-refractivity contribution in [2.45, 2.75) is 18.8 Å². The van der Waals surface area contributed by atoms with Crippen LogP contribution in [0.15, 0.2) is 30.5 Å². The summed E-state index contributed by atoms with van der Waals surface area (Å²) in [6.07, 6.45) is -4.83. The van der Waals surface area contributed by atoms with Crippen molar-refractivity contribution >= 4 is 22.6 Å². The molecule has 146 valence electrons. The molecular formula is C16H16F3N3O5. The lowest BCUT2D eigenvalue weighted by Gasteiger charge is -2.24. The molecule has 1 unspecified atom stereocenters. The van der Waals surface area contributed by atoms with E-state index in [1.165, 1.54) is 49.5 Å². The van der Waals surface area contributed by atoms with E-state index in [-0.39, 0.29) is 18.7 Å². The van der Waals surface area contributed by atoms with Crippen LogP contribution in [0.25, 0.3) is 10.9 Å². The predicted octanol–water partition coefficient (Wildman–Crippen LogP) is 2.91. The summed E-state index contributed by atoms with van der Waals surface area (Å²) in [5.41, 5.74) is 0.216. The molecule has 27 heavy (non-hydrogen) atoms. The Balaban J connectivity index is 2.07. The van der Waals surface area contributed by atoms with Crippen molar-refractivity contribution < 1.29 is 32.4 Å². The number of nitro groups is 1. The van der Waals surface area contributed by atoms with Crippen molar-refractivity contribution in [3.8, 4) is 5.75 Å². The number of non-ortho nitro benzene ring substituents is 1. The lowest BCUT2D eigenvalue weighted by Crippen LogP contribution is -2.38. The Bertz CT molecular complexity index is 842. The molecule has 2 rings (SSSR count). The molecule has 0 saturated heterocycles. The summed E-state index contributed by atoms with van der Waals surface area (Å²) in [4.78, 5) is 26.6. The van der Waals surface area contributed by atoms with Crippen molar-refractivity contribution in [3.63, 3.8) is 0 Å². The number of carbonyl (C=O) groups excluding carboxylic acids is 1. The molecule has 0 bridgehead atoms. The normalized spacial score (nSPS) is 12.8. The summed E-state index contributed by atoms with van der Waals surface area (Å²) in [5, 5.41) is 11.3. The Morgan fingerprint density at radius 2 is 2.04 bits per heavy atom. The van der Waals surface area contributed by atoms with E-state index in [2.05, 4.69) is 9.72 Å². The van der Waals surface area contributed by atoms with Crippen LogP contribution in [-0.2, 0) is 9.53 Å². The number of benzene rings is 1. The third-order valence-electron chi connectivity index (χ3n) is 3.57. The quantitative estimate of drug-likeness (QED) is 0.312. The van der Waals surface area contributed by atoms with Crippen LogP contribution >= 0.6 is 0 Å². The zero-order valence-electron chi connectivity index (χ0n) is 14.4. The number of aromatic nitrogens is 1. The van der Waals surface area contributed by atoms with Gasteiger partial charge in [-0.3, -0.25) is 20.0 Å². The molecule has 0 radical (unpaired) electrons. The van der Waals surface area contributed by atoms with Gasteiger partial charge in [0.15, 0.2) is 6.23 Å². The number of alkyl halides is 3. The zero-order chi connectivity index (χ0) is 20.2. The minimum Gasteiger partial charge on any atom is -0.493 e. The number of hydrogen-bond acceptors (Lipinski definition) is 7. The van der Waals surface area contributed by atoms with E-state index in [0.29, 0.717) is 16.7 Å². The van der Waals surface area contributed by atoms with Gasteiger partial charge < -0.3 is 9.47 Å². The van der Waals surface area contributed by atoms with E-state index in [1.54, 1.807) is 0 Å². The largest absolute Gasteiger partial charge is 0.493 e. The Kier molecular flexibility index (Phi) is 6.16. The van der Waals surface area contributed by atoms with Crippen molar-refractivity contribution in [1.82, 2.24) is 9.88 Å². The number of rotatable bonds is 7. The molecule has 1 atom stereocenters. The van der Waals surface area contributed by atoms with Crippen molar-refractivity contribution in [3.05, 3.63) is 40.6 Å². The smallest absolute Gasteiger partial charge is 0.490 e. The Hall–Kier alpha value is -2.95. The lowest BCUT2D eigenvalue weighted by atomic mass is 10.2. The average molecular weight is 387 g/mol. The maximum atomic E-state index is 12.3. The molecule has 1 aromatic carbocycles. The number of pyridine rings is 1. The van der Waals surface area contributed by atoms with Crippen molar-refractivity contribution in [1.29, 1.82) is 0 Å². The number of carbonyl (C=O) groups is 1. The number of ether oxygens (including phenoxy) is 2. The fraction of sp³-hybridized carbons (Fsp3) is 0.375. The number of fused-ring (bicyclic) bond motifs is 1. The monoisotopic (exact) mass is 387 g/mol. The zero-order valence-corrected chi connectivity index (χ0v) is 14.4. The SMILES string of the molecule is CN(C)C(CCOc1ccnc2cc([N+](=O)[O-])ccc12)OC(=O)C(F)(F)F. The first-order valence-corrected chi connectivity index (χ1v) is 7.70. The van der Waals surface area contributed by atoms with E-state index in [0.717, 1.165) is 0 Å². The molecule has 0 amide bonds. The Labute approximate surface area is 151 Å². The van der Waals surface area contributed by atoms with Gasteiger partial charge in [-0.15, -0.1) is 0 Å². The van der Waals surface area contributed by atoms with Crippen LogP contribution in [0.5, 0.6) is 5.75 Å².